The molecule has 0 N–H and O–H groups in total. The molecule has 82 valence electrons. The number of hydrogen-bond donors (Lipinski definition) is 0. The summed E-state index contributed by atoms with van der Waals surface area (Å²) in [6.07, 6.45) is 0.874. The Morgan fingerprint density at radius 3 is 2.53 bits per heavy atom. The molecule has 0 spiro atoms. The lowest BCUT2D eigenvalue weighted by molar-refractivity contribution is 0.112. The van der Waals surface area contributed by atoms with Crippen LogP contribution in [0, 0.1) is 3.57 Å². The van der Waals surface area contributed by atoms with Crippen LogP contribution in [-0.2, 0) is 0 Å². The Balaban J connectivity index is 3.18. The zero-order chi connectivity index (χ0) is 11.4. The van der Waals surface area contributed by atoms with E-state index in [0.717, 1.165) is 9.86 Å². The Bertz CT molecular complexity index is 361. The Hall–Kier alpha value is -0.780. The molecule has 0 fully saturated rings. The van der Waals surface area contributed by atoms with Gasteiger partial charge in [0.2, 0.25) is 0 Å². The fourth-order valence-electron chi connectivity index (χ4n) is 1.16. The van der Waals surface area contributed by atoms with Crippen LogP contribution >= 0.6 is 22.6 Å². The van der Waals surface area contributed by atoms with Crippen molar-refractivity contribution >= 4 is 28.9 Å². The van der Waals surface area contributed by atoms with Gasteiger partial charge in [-0.25, -0.2) is 0 Å². The molecule has 0 bridgehead atoms. The van der Waals surface area contributed by atoms with Gasteiger partial charge >= 0.3 is 0 Å². The van der Waals surface area contributed by atoms with Gasteiger partial charge in [0.05, 0.1) is 16.8 Å². The molecule has 0 unspecified atom stereocenters. The summed E-state index contributed by atoms with van der Waals surface area (Å²) in [5.74, 6) is 1.29. The van der Waals surface area contributed by atoms with Crippen LogP contribution in [0.5, 0.6) is 11.5 Å². The van der Waals surface area contributed by atoms with Gasteiger partial charge in [-0.1, -0.05) is 0 Å². The summed E-state index contributed by atoms with van der Waals surface area (Å²) in [5.41, 5.74) is 0.590. The van der Waals surface area contributed by atoms with E-state index in [9.17, 15) is 4.79 Å². The highest BCUT2D eigenvalue weighted by Gasteiger charge is 2.12. The molecule has 0 saturated carbocycles. The van der Waals surface area contributed by atoms with Crippen LogP contribution in [0.25, 0.3) is 0 Å². The van der Waals surface area contributed by atoms with Crippen molar-refractivity contribution in [2.24, 2.45) is 0 Å². The van der Waals surface area contributed by atoms with Crippen LogP contribution in [0.4, 0.5) is 0 Å². The molecule has 15 heavy (non-hydrogen) atoms. The molecule has 0 radical (unpaired) electrons. The smallest absolute Gasteiger partial charge is 0.174 e. The number of carbonyl (C=O) groups excluding carboxylic acids is 1. The largest absolute Gasteiger partial charge is 0.493 e. The summed E-state index contributed by atoms with van der Waals surface area (Å²) in [6.45, 7) is 3.90. The van der Waals surface area contributed by atoms with Crippen molar-refractivity contribution in [3.63, 3.8) is 0 Å². The number of aldehydes is 1. The third-order valence-electron chi connectivity index (χ3n) is 1.74. The highest BCUT2D eigenvalue weighted by atomic mass is 127. The van der Waals surface area contributed by atoms with Gasteiger partial charge in [-0.3, -0.25) is 4.79 Å². The van der Waals surface area contributed by atoms with E-state index >= 15 is 0 Å². The molecule has 0 aliphatic rings. The highest BCUT2D eigenvalue weighted by Crippen LogP contribution is 2.34. The number of hydrogen-bond acceptors (Lipinski definition) is 3. The SMILES string of the molecule is COc1cc(C=O)cc(I)c1OC(C)C. The summed E-state index contributed by atoms with van der Waals surface area (Å²) >= 11 is 2.13. The molecule has 0 aliphatic heterocycles. The first-order valence-corrected chi connectivity index (χ1v) is 5.65. The molecule has 1 aromatic rings. The summed E-state index contributed by atoms with van der Waals surface area (Å²) in [6, 6.07) is 3.45. The first-order chi connectivity index (χ1) is 7.08. The Kier molecular flexibility index (Phi) is 4.38. The molecule has 1 rings (SSSR count). The van der Waals surface area contributed by atoms with Crippen molar-refractivity contribution in [2.45, 2.75) is 20.0 Å². The molecule has 0 aromatic heterocycles. The second kappa shape index (κ2) is 5.34. The fraction of sp³-hybridized carbons (Fsp3) is 0.364. The molecule has 3 nitrogen and oxygen atoms in total. The summed E-state index contributed by atoms with van der Waals surface area (Å²) in [4.78, 5) is 10.7. The highest BCUT2D eigenvalue weighted by molar-refractivity contribution is 14.1. The Morgan fingerprint density at radius 2 is 2.07 bits per heavy atom. The van der Waals surface area contributed by atoms with Crippen molar-refractivity contribution in [3.8, 4) is 11.5 Å². The van der Waals surface area contributed by atoms with Crippen molar-refractivity contribution in [1.29, 1.82) is 0 Å². The van der Waals surface area contributed by atoms with Crippen LogP contribution in [-0.4, -0.2) is 19.5 Å². The van der Waals surface area contributed by atoms with Crippen LogP contribution in [0.15, 0.2) is 12.1 Å². The van der Waals surface area contributed by atoms with Crippen LogP contribution in [0.1, 0.15) is 24.2 Å². The second-order valence-electron chi connectivity index (χ2n) is 3.32. The maximum Gasteiger partial charge on any atom is 0.174 e. The molecular weight excluding hydrogens is 307 g/mol. The van der Waals surface area contributed by atoms with E-state index in [1.807, 2.05) is 13.8 Å². The lowest BCUT2D eigenvalue weighted by Gasteiger charge is -2.15. The fourth-order valence-corrected chi connectivity index (χ4v) is 1.91. The van der Waals surface area contributed by atoms with E-state index in [1.54, 1.807) is 19.2 Å². The molecular formula is C11H13IO3. The van der Waals surface area contributed by atoms with Gasteiger partial charge in [-0.05, 0) is 48.6 Å². The molecule has 1 aromatic carbocycles. The average molecular weight is 320 g/mol. The number of carbonyl (C=O) groups is 1. The number of methoxy groups -OCH3 is 1. The number of rotatable bonds is 4. The minimum absolute atomic E-state index is 0.0782. The van der Waals surface area contributed by atoms with Crippen LogP contribution < -0.4 is 9.47 Å². The van der Waals surface area contributed by atoms with Crippen LogP contribution in [0.3, 0.4) is 0 Å². The van der Waals surface area contributed by atoms with Crippen molar-refractivity contribution < 1.29 is 14.3 Å². The minimum Gasteiger partial charge on any atom is -0.493 e. The first kappa shape index (κ1) is 12.3. The molecule has 0 heterocycles. The summed E-state index contributed by atoms with van der Waals surface area (Å²) in [5, 5.41) is 0. The van der Waals surface area contributed by atoms with E-state index in [2.05, 4.69) is 22.6 Å². The molecule has 0 aliphatic carbocycles. The number of ether oxygens (including phenoxy) is 2. The lowest BCUT2D eigenvalue weighted by atomic mass is 10.2. The summed E-state index contributed by atoms with van der Waals surface area (Å²) in [7, 11) is 1.56. The molecule has 0 saturated heterocycles. The molecule has 4 heteroatoms. The zero-order valence-corrected chi connectivity index (χ0v) is 11.1. The van der Waals surface area contributed by atoms with E-state index in [1.165, 1.54) is 0 Å². The number of halogens is 1. The van der Waals surface area contributed by atoms with Gasteiger partial charge in [0.1, 0.15) is 6.29 Å². The quantitative estimate of drug-likeness (QED) is 0.632. The number of benzene rings is 1. The maximum atomic E-state index is 10.7. The predicted molar refractivity (Wildman–Crippen MR) is 66.9 cm³/mol. The molecule has 0 amide bonds. The topological polar surface area (TPSA) is 35.5 Å². The van der Waals surface area contributed by atoms with Crippen molar-refractivity contribution in [3.05, 3.63) is 21.3 Å². The monoisotopic (exact) mass is 320 g/mol. The van der Waals surface area contributed by atoms with Crippen molar-refractivity contribution in [2.75, 3.05) is 7.11 Å². The Labute approximate surface area is 103 Å². The van der Waals surface area contributed by atoms with E-state index in [0.29, 0.717) is 17.1 Å². The lowest BCUT2D eigenvalue weighted by Crippen LogP contribution is -2.08. The van der Waals surface area contributed by atoms with E-state index in [-0.39, 0.29) is 6.10 Å². The van der Waals surface area contributed by atoms with Gasteiger partial charge in [0.15, 0.2) is 11.5 Å². The molecule has 0 atom stereocenters. The van der Waals surface area contributed by atoms with Crippen LogP contribution in [0.2, 0.25) is 0 Å². The van der Waals surface area contributed by atoms with E-state index in [4.69, 9.17) is 9.47 Å². The van der Waals surface area contributed by atoms with Crippen molar-refractivity contribution in [1.82, 2.24) is 0 Å². The third kappa shape index (κ3) is 3.09. The van der Waals surface area contributed by atoms with Gasteiger partial charge in [0.25, 0.3) is 0 Å². The standard InChI is InChI=1S/C11H13IO3/c1-7(2)15-11-9(12)4-8(6-13)5-10(11)14-3/h4-7H,1-3H3. The normalized spacial score (nSPS) is 10.2. The van der Waals surface area contributed by atoms with Gasteiger partial charge in [-0.15, -0.1) is 0 Å². The minimum atomic E-state index is 0.0782. The first-order valence-electron chi connectivity index (χ1n) is 4.57. The van der Waals surface area contributed by atoms with Gasteiger partial charge in [-0.2, -0.15) is 0 Å². The second-order valence-corrected chi connectivity index (χ2v) is 4.48. The Morgan fingerprint density at radius 1 is 1.40 bits per heavy atom. The van der Waals surface area contributed by atoms with Gasteiger partial charge < -0.3 is 9.47 Å². The van der Waals surface area contributed by atoms with E-state index < -0.39 is 0 Å². The summed E-state index contributed by atoms with van der Waals surface area (Å²) < 4.78 is 11.7. The predicted octanol–water partition coefficient (Wildman–Crippen LogP) is 2.90. The third-order valence-corrected chi connectivity index (χ3v) is 2.54. The average Bonchev–Trinajstić information content (AvgIpc) is 2.20. The van der Waals surface area contributed by atoms with Gasteiger partial charge in [0, 0.05) is 5.56 Å². The maximum absolute atomic E-state index is 10.7. The zero-order valence-electron chi connectivity index (χ0n) is 8.91.